The second-order valence-electron chi connectivity index (χ2n) is 4.81. The molecular formula is C13H24F3NO3. The van der Waals surface area contributed by atoms with Crippen molar-refractivity contribution in [2.24, 2.45) is 0 Å². The average Bonchev–Trinajstić information content (AvgIpc) is 2.36. The monoisotopic (exact) mass is 299 g/mol. The molecule has 0 aliphatic rings. The van der Waals surface area contributed by atoms with E-state index in [0.29, 0.717) is 25.9 Å². The highest BCUT2D eigenvalue weighted by molar-refractivity contribution is 5.80. The van der Waals surface area contributed by atoms with Crippen LogP contribution in [0.1, 0.15) is 40.0 Å². The predicted octanol–water partition coefficient (Wildman–Crippen LogP) is 2.67. The van der Waals surface area contributed by atoms with Crippen LogP contribution in [0.4, 0.5) is 13.2 Å². The normalized spacial score (nSPS) is 16.6. The molecule has 0 rings (SSSR count). The maximum atomic E-state index is 12.2. The molecule has 2 unspecified atom stereocenters. The Morgan fingerprint density at radius 1 is 1.30 bits per heavy atom. The van der Waals surface area contributed by atoms with E-state index >= 15 is 0 Å². The summed E-state index contributed by atoms with van der Waals surface area (Å²) in [6, 6.07) is 0. The molecule has 0 saturated carbocycles. The van der Waals surface area contributed by atoms with Gasteiger partial charge in [0.1, 0.15) is 5.54 Å². The topological polar surface area (TPSA) is 47.6 Å². The van der Waals surface area contributed by atoms with Crippen LogP contribution in [0.2, 0.25) is 0 Å². The lowest BCUT2D eigenvalue weighted by molar-refractivity contribution is -0.214. The molecule has 0 heterocycles. The summed E-state index contributed by atoms with van der Waals surface area (Å²) in [4.78, 5) is 11.7. The van der Waals surface area contributed by atoms with E-state index in [1.54, 1.807) is 20.9 Å². The molecular weight excluding hydrogens is 275 g/mol. The third kappa shape index (κ3) is 6.56. The molecule has 0 radical (unpaired) electrons. The van der Waals surface area contributed by atoms with E-state index in [9.17, 15) is 18.0 Å². The van der Waals surface area contributed by atoms with Crippen LogP contribution in [0, 0.1) is 0 Å². The van der Waals surface area contributed by atoms with Crippen molar-refractivity contribution in [3.63, 3.8) is 0 Å². The molecule has 0 aromatic rings. The Kier molecular flexibility index (Phi) is 8.12. The summed E-state index contributed by atoms with van der Waals surface area (Å²) in [6.07, 6.45) is -4.59. The fourth-order valence-electron chi connectivity index (χ4n) is 1.55. The number of unbranched alkanes of at least 4 members (excludes halogenated alkanes) is 1. The summed E-state index contributed by atoms with van der Waals surface area (Å²) < 4.78 is 46.2. The number of alkyl halides is 3. The first-order valence-electron chi connectivity index (χ1n) is 6.71. The lowest BCUT2D eigenvalue weighted by Gasteiger charge is -2.26. The van der Waals surface area contributed by atoms with Gasteiger partial charge in [-0.3, -0.25) is 4.79 Å². The first-order chi connectivity index (χ1) is 9.17. The lowest BCUT2D eigenvalue weighted by Crippen LogP contribution is -2.48. The van der Waals surface area contributed by atoms with Crippen molar-refractivity contribution in [3.8, 4) is 0 Å². The SMILES string of the molecule is CCOC(=O)C(C)(CCCCOC(C)C(F)(F)F)NC. The standard InChI is InChI=1S/C13H24F3NO3/c1-5-19-11(18)12(3,17-4)8-6-7-9-20-10(2)13(14,15)16/h10,17H,5-9H2,1-4H3. The van der Waals surface area contributed by atoms with Gasteiger partial charge in [0.25, 0.3) is 0 Å². The Bertz CT molecular complexity index is 297. The van der Waals surface area contributed by atoms with E-state index in [0.717, 1.165) is 6.92 Å². The molecule has 0 fully saturated rings. The van der Waals surface area contributed by atoms with Gasteiger partial charge in [-0.15, -0.1) is 0 Å². The fourth-order valence-corrected chi connectivity index (χ4v) is 1.55. The maximum absolute atomic E-state index is 12.2. The summed E-state index contributed by atoms with van der Waals surface area (Å²) in [6.45, 7) is 4.73. The molecule has 0 aromatic carbocycles. The number of hydrogen-bond acceptors (Lipinski definition) is 4. The third-order valence-electron chi connectivity index (χ3n) is 3.18. The van der Waals surface area contributed by atoms with Gasteiger partial charge in [-0.1, -0.05) is 0 Å². The highest BCUT2D eigenvalue weighted by atomic mass is 19.4. The van der Waals surface area contributed by atoms with E-state index < -0.39 is 17.8 Å². The van der Waals surface area contributed by atoms with Gasteiger partial charge in [0.05, 0.1) is 6.61 Å². The van der Waals surface area contributed by atoms with E-state index in [1.165, 1.54) is 0 Å². The molecule has 0 spiro atoms. The average molecular weight is 299 g/mol. The van der Waals surface area contributed by atoms with Gasteiger partial charge in [-0.05, 0) is 47.1 Å². The molecule has 2 atom stereocenters. The quantitative estimate of drug-likeness (QED) is 0.525. The molecule has 7 heteroatoms. The van der Waals surface area contributed by atoms with Crippen molar-refractivity contribution in [2.75, 3.05) is 20.3 Å². The molecule has 20 heavy (non-hydrogen) atoms. The van der Waals surface area contributed by atoms with Gasteiger partial charge in [-0.25, -0.2) is 0 Å². The number of rotatable bonds is 9. The Morgan fingerprint density at radius 3 is 2.35 bits per heavy atom. The van der Waals surface area contributed by atoms with Crippen molar-refractivity contribution in [2.45, 2.75) is 57.9 Å². The molecule has 0 aliphatic carbocycles. The van der Waals surface area contributed by atoms with Crippen LogP contribution in [0.5, 0.6) is 0 Å². The molecule has 0 amide bonds. The minimum atomic E-state index is -4.33. The smallest absolute Gasteiger partial charge is 0.414 e. The minimum absolute atomic E-state index is 0.0172. The summed E-state index contributed by atoms with van der Waals surface area (Å²) in [5, 5.41) is 2.89. The summed E-state index contributed by atoms with van der Waals surface area (Å²) >= 11 is 0. The zero-order chi connectivity index (χ0) is 15.8. The number of likely N-dealkylation sites (N-methyl/N-ethyl adjacent to an activating group) is 1. The van der Waals surface area contributed by atoms with Crippen molar-refractivity contribution >= 4 is 5.97 Å². The molecule has 0 saturated heterocycles. The van der Waals surface area contributed by atoms with E-state index in [1.807, 2.05) is 0 Å². The Morgan fingerprint density at radius 2 is 1.90 bits per heavy atom. The van der Waals surface area contributed by atoms with Crippen molar-refractivity contribution < 1.29 is 27.4 Å². The van der Waals surface area contributed by atoms with Gasteiger partial charge in [0.15, 0.2) is 6.10 Å². The van der Waals surface area contributed by atoms with Gasteiger partial charge in [0.2, 0.25) is 0 Å². The van der Waals surface area contributed by atoms with Gasteiger partial charge < -0.3 is 14.8 Å². The number of hydrogen-bond donors (Lipinski definition) is 1. The number of esters is 1. The van der Waals surface area contributed by atoms with Gasteiger partial charge in [0, 0.05) is 6.61 Å². The van der Waals surface area contributed by atoms with Crippen LogP contribution in [0.25, 0.3) is 0 Å². The molecule has 0 bridgehead atoms. The van der Waals surface area contributed by atoms with Crippen LogP contribution < -0.4 is 5.32 Å². The van der Waals surface area contributed by atoms with Crippen LogP contribution in [0.3, 0.4) is 0 Å². The zero-order valence-electron chi connectivity index (χ0n) is 12.5. The number of carbonyl (C=O) groups excluding carboxylic acids is 1. The zero-order valence-corrected chi connectivity index (χ0v) is 12.5. The third-order valence-corrected chi connectivity index (χ3v) is 3.18. The van der Waals surface area contributed by atoms with E-state index in [4.69, 9.17) is 9.47 Å². The van der Waals surface area contributed by atoms with Crippen LogP contribution in [-0.4, -0.2) is 44.0 Å². The van der Waals surface area contributed by atoms with Crippen molar-refractivity contribution in [3.05, 3.63) is 0 Å². The predicted molar refractivity (Wildman–Crippen MR) is 69.4 cm³/mol. The molecule has 4 nitrogen and oxygen atoms in total. The van der Waals surface area contributed by atoms with Crippen molar-refractivity contribution in [1.29, 1.82) is 0 Å². The summed E-state index contributed by atoms with van der Waals surface area (Å²) in [5.74, 6) is -0.355. The maximum Gasteiger partial charge on any atom is 0.414 e. The second-order valence-corrected chi connectivity index (χ2v) is 4.81. The van der Waals surface area contributed by atoms with Gasteiger partial charge >= 0.3 is 12.1 Å². The molecule has 1 N–H and O–H groups in total. The largest absolute Gasteiger partial charge is 0.465 e. The number of ether oxygens (including phenoxy) is 2. The number of nitrogens with one attached hydrogen (secondary N) is 1. The second kappa shape index (κ2) is 8.46. The minimum Gasteiger partial charge on any atom is -0.465 e. The first-order valence-corrected chi connectivity index (χ1v) is 6.71. The lowest BCUT2D eigenvalue weighted by atomic mass is 9.95. The van der Waals surface area contributed by atoms with Crippen LogP contribution in [-0.2, 0) is 14.3 Å². The number of carbonyl (C=O) groups is 1. The Balaban J connectivity index is 4.01. The highest BCUT2D eigenvalue weighted by Crippen LogP contribution is 2.23. The Labute approximate surface area is 118 Å². The molecule has 120 valence electrons. The van der Waals surface area contributed by atoms with Crippen LogP contribution in [0.15, 0.2) is 0 Å². The Hall–Kier alpha value is -0.820. The van der Waals surface area contributed by atoms with Gasteiger partial charge in [-0.2, -0.15) is 13.2 Å². The first kappa shape index (κ1) is 19.2. The van der Waals surface area contributed by atoms with Crippen LogP contribution >= 0.6 is 0 Å². The number of halogens is 3. The van der Waals surface area contributed by atoms with Crippen molar-refractivity contribution in [1.82, 2.24) is 5.32 Å². The highest BCUT2D eigenvalue weighted by Gasteiger charge is 2.37. The van der Waals surface area contributed by atoms with E-state index in [-0.39, 0.29) is 12.6 Å². The summed E-state index contributed by atoms with van der Waals surface area (Å²) in [7, 11) is 1.65. The van der Waals surface area contributed by atoms with E-state index in [2.05, 4.69) is 5.32 Å². The summed E-state index contributed by atoms with van der Waals surface area (Å²) in [5.41, 5.74) is -0.814. The molecule has 0 aromatic heterocycles. The fraction of sp³-hybridized carbons (Fsp3) is 0.923. The molecule has 0 aliphatic heterocycles.